The minimum atomic E-state index is -4.93. The summed E-state index contributed by atoms with van der Waals surface area (Å²) in [5.41, 5.74) is -3.81. The van der Waals surface area contributed by atoms with E-state index >= 15 is 0 Å². The summed E-state index contributed by atoms with van der Waals surface area (Å²) in [6.07, 6.45) is -8.96. The molecule has 1 aromatic heterocycles. The molecular weight excluding hydrogens is 385 g/mol. The number of rotatable bonds is 2. The largest absolute Gasteiger partial charge is 0.435 e. The van der Waals surface area contributed by atoms with Crippen molar-refractivity contribution in [3.8, 4) is 5.69 Å². The van der Waals surface area contributed by atoms with Crippen LogP contribution in [0.15, 0.2) is 18.3 Å². The number of hydrogen-bond acceptors (Lipinski definition) is 2. The number of carbonyl (C=O) groups excluding carboxylic acids is 1. The van der Waals surface area contributed by atoms with E-state index in [1.807, 2.05) is 0 Å². The molecule has 0 spiro atoms. The highest BCUT2D eigenvalue weighted by atomic mass is 35.5. The van der Waals surface area contributed by atoms with Crippen LogP contribution in [0.2, 0.25) is 10.0 Å². The Hall–Kier alpha value is -1.74. The molecule has 0 fully saturated rings. The zero-order valence-corrected chi connectivity index (χ0v) is 13.1. The molecule has 0 saturated carbocycles. The number of halogens is 8. The number of carbonyl (C=O) groups is 1. The zero-order chi connectivity index (χ0) is 18.4. The Morgan fingerprint density at radius 3 is 1.88 bits per heavy atom. The van der Waals surface area contributed by atoms with Crippen molar-refractivity contribution in [1.29, 1.82) is 0 Å². The Morgan fingerprint density at radius 2 is 1.54 bits per heavy atom. The van der Waals surface area contributed by atoms with Crippen LogP contribution in [0.1, 0.15) is 28.5 Å². The lowest BCUT2D eigenvalue weighted by atomic mass is 10.2. The van der Waals surface area contributed by atoms with Crippen LogP contribution in [-0.2, 0) is 12.4 Å². The topological polar surface area (TPSA) is 34.9 Å². The maximum Gasteiger partial charge on any atom is 0.435 e. The van der Waals surface area contributed by atoms with Crippen LogP contribution in [0.5, 0.6) is 0 Å². The van der Waals surface area contributed by atoms with E-state index in [0.29, 0.717) is 23.0 Å². The maximum absolute atomic E-state index is 12.9. The van der Waals surface area contributed by atoms with Gasteiger partial charge in [0.25, 0.3) is 0 Å². The van der Waals surface area contributed by atoms with E-state index in [2.05, 4.69) is 5.10 Å². The lowest BCUT2D eigenvalue weighted by Gasteiger charge is -2.12. The fraction of sp³-hybridized carbons (Fsp3) is 0.231. The number of hydrogen-bond donors (Lipinski definition) is 0. The minimum Gasteiger partial charge on any atom is -0.294 e. The van der Waals surface area contributed by atoms with Crippen LogP contribution in [0.4, 0.5) is 26.3 Å². The molecule has 2 rings (SSSR count). The van der Waals surface area contributed by atoms with Gasteiger partial charge in [0.2, 0.25) is 0 Å². The van der Waals surface area contributed by atoms with Gasteiger partial charge < -0.3 is 0 Å². The second-order valence-electron chi connectivity index (χ2n) is 4.68. The standard InChI is InChI=1S/C13H6Cl2F6N2O/c1-5(24)7-4-23(22-11(7)13(19,20)21)10-8(14)2-6(3-9(10)15)12(16,17)18/h2-4H,1H3. The second-order valence-corrected chi connectivity index (χ2v) is 5.49. The molecule has 0 bridgehead atoms. The van der Waals surface area contributed by atoms with Crippen molar-refractivity contribution in [1.82, 2.24) is 9.78 Å². The molecule has 0 aliphatic heterocycles. The van der Waals surface area contributed by atoms with Gasteiger partial charge in [0.15, 0.2) is 11.5 Å². The molecule has 1 heterocycles. The molecule has 0 radical (unpaired) electrons. The number of nitrogens with zero attached hydrogens (tertiary/aromatic N) is 2. The third kappa shape index (κ3) is 3.51. The molecule has 0 aliphatic rings. The second kappa shape index (κ2) is 5.96. The lowest BCUT2D eigenvalue weighted by Crippen LogP contribution is -2.11. The Kier molecular flexibility index (Phi) is 4.62. The Bertz CT molecular complexity index is 787. The number of alkyl halides is 6. The van der Waals surface area contributed by atoms with Crippen LogP contribution in [0.25, 0.3) is 5.69 Å². The van der Waals surface area contributed by atoms with E-state index in [-0.39, 0.29) is 0 Å². The summed E-state index contributed by atoms with van der Waals surface area (Å²) in [6, 6.07) is 1.01. The summed E-state index contributed by atoms with van der Waals surface area (Å²) in [6.45, 7) is 0.895. The third-order valence-electron chi connectivity index (χ3n) is 2.94. The molecule has 24 heavy (non-hydrogen) atoms. The van der Waals surface area contributed by atoms with Crippen molar-refractivity contribution in [2.45, 2.75) is 19.3 Å². The Morgan fingerprint density at radius 1 is 1.04 bits per heavy atom. The van der Waals surface area contributed by atoms with Crippen molar-refractivity contribution < 1.29 is 31.1 Å². The first kappa shape index (κ1) is 18.6. The van der Waals surface area contributed by atoms with Crippen molar-refractivity contribution in [3.05, 3.63) is 45.2 Å². The van der Waals surface area contributed by atoms with E-state index in [1.54, 1.807) is 0 Å². The van der Waals surface area contributed by atoms with Crippen molar-refractivity contribution in [3.63, 3.8) is 0 Å². The molecule has 11 heteroatoms. The van der Waals surface area contributed by atoms with Gasteiger partial charge in [-0.1, -0.05) is 23.2 Å². The molecule has 0 aliphatic carbocycles. The van der Waals surface area contributed by atoms with Gasteiger partial charge in [0, 0.05) is 6.20 Å². The lowest BCUT2D eigenvalue weighted by molar-refractivity contribution is -0.141. The Labute approximate surface area is 140 Å². The molecule has 1 aromatic carbocycles. The van der Waals surface area contributed by atoms with Crippen LogP contribution in [0.3, 0.4) is 0 Å². The molecule has 0 unspecified atom stereocenters. The summed E-state index contributed by atoms with van der Waals surface area (Å²) in [5.74, 6) is -0.923. The first-order chi connectivity index (χ1) is 10.8. The highest BCUT2D eigenvalue weighted by molar-refractivity contribution is 6.37. The monoisotopic (exact) mass is 390 g/mol. The van der Waals surface area contributed by atoms with Crippen LogP contribution in [-0.4, -0.2) is 15.6 Å². The summed E-state index contributed by atoms with van der Waals surface area (Å²) in [7, 11) is 0. The molecular formula is C13H6Cl2F6N2O. The summed E-state index contributed by atoms with van der Waals surface area (Å²) in [4.78, 5) is 11.3. The molecule has 0 saturated heterocycles. The van der Waals surface area contributed by atoms with Gasteiger partial charge in [-0.2, -0.15) is 31.4 Å². The first-order valence-electron chi connectivity index (χ1n) is 6.06. The van der Waals surface area contributed by atoms with Crippen LogP contribution < -0.4 is 0 Å². The minimum absolute atomic E-state index is 0.399. The first-order valence-corrected chi connectivity index (χ1v) is 6.82. The van der Waals surface area contributed by atoms with Crippen LogP contribution >= 0.6 is 23.2 Å². The van der Waals surface area contributed by atoms with Crippen molar-refractivity contribution >= 4 is 29.0 Å². The van der Waals surface area contributed by atoms with E-state index < -0.39 is 50.7 Å². The molecule has 2 aromatic rings. The number of aromatic nitrogens is 2. The van der Waals surface area contributed by atoms with Gasteiger partial charge in [-0.3, -0.25) is 4.79 Å². The van der Waals surface area contributed by atoms with E-state index in [0.717, 1.165) is 6.92 Å². The molecule has 3 nitrogen and oxygen atoms in total. The zero-order valence-electron chi connectivity index (χ0n) is 11.6. The normalized spacial score (nSPS) is 12.5. The number of Topliss-reactive ketones (excluding diaryl/α,β-unsaturated/α-hetero) is 1. The Balaban J connectivity index is 2.68. The molecule has 130 valence electrons. The van der Waals surface area contributed by atoms with Crippen molar-refractivity contribution in [2.75, 3.05) is 0 Å². The fourth-order valence-corrected chi connectivity index (χ4v) is 2.56. The quantitative estimate of drug-likeness (QED) is 0.506. The van der Waals surface area contributed by atoms with Gasteiger partial charge in [0.05, 0.1) is 21.2 Å². The van der Waals surface area contributed by atoms with Gasteiger partial charge in [-0.05, 0) is 19.1 Å². The predicted octanol–water partition coefficient (Wildman–Crippen LogP) is 5.42. The van der Waals surface area contributed by atoms with Gasteiger partial charge >= 0.3 is 12.4 Å². The van der Waals surface area contributed by atoms with Gasteiger partial charge in [0.1, 0.15) is 5.69 Å². The highest BCUT2D eigenvalue weighted by Gasteiger charge is 2.39. The molecule has 0 N–H and O–H groups in total. The van der Waals surface area contributed by atoms with Crippen molar-refractivity contribution in [2.24, 2.45) is 0 Å². The average molecular weight is 391 g/mol. The third-order valence-corrected chi connectivity index (χ3v) is 3.51. The maximum atomic E-state index is 12.9. The average Bonchev–Trinajstić information content (AvgIpc) is 2.81. The summed E-state index contributed by atoms with van der Waals surface area (Å²) in [5, 5.41) is 2.07. The number of ketones is 1. The summed E-state index contributed by atoms with van der Waals surface area (Å²) < 4.78 is 77.3. The fourth-order valence-electron chi connectivity index (χ4n) is 1.90. The predicted molar refractivity (Wildman–Crippen MR) is 73.6 cm³/mol. The van der Waals surface area contributed by atoms with E-state index in [9.17, 15) is 31.1 Å². The smallest absolute Gasteiger partial charge is 0.294 e. The van der Waals surface area contributed by atoms with Gasteiger partial charge in [-0.25, -0.2) is 4.68 Å². The van der Waals surface area contributed by atoms with E-state index in [4.69, 9.17) is 23.2 Å². The molecule has 0 atom stereocenters. The SMILES string of the molecule is CC(=O)c1cn(-c2c(Cl)cc(C(F)(F)F)cc2Cl)nc1C(F)(F)F. The highest BCUT2D eigenvalue weighted by Crippen LogP contribution is 2.38. The van der Waals surface area contributed by atoms with Crippen LogP contribution in [0, 0.1) is 0 Å². The number of benzene rings is 1. The summed E-state index contributed by atoms with van der Waals surface area (Å²) >= 11 is 11.4. The van der Waals surface area contributed by atoms with Gasteiger partial charge in [-0.15, -0.1) is 0 Å². The van der Waals surface area contributed by atoms with E-state index in [1.165, 1.54) is 0 Å². The molecule has 0 amide bonds.